The van der Waals surface area contributed by atoms with Crippen molar-refractivity contribution in [1.29, 1.82) is 0 Å². The molecule has 0 radical (unpaired) electrons. The largest absolute Gasteiger partial charge is 0.426 e. The van der Waals surface area contributed by atoms with E-state index >= 15 is 0 Å². The van der Waals surface area contributed by atoms with Crippen molar-refractivity contribution in [3.63, 3.8) is 0 Å². The van der Waals surface area contributed by atoms with Crippen LogP contribution in [0.15, 0.2) is 62.5 Å². The van der Waals surface area contributed by atoms with Gasteiger partial charge in [0, 0.05) is 0 Å². The minimum atomic E-state index is -0.672. The highest BCUT2D eigenvalue weighted by atomic mass is 16.4. The number of rotatable bonds is 1. The fourth-order valence-electron chi connectivity index (χ4n) is 2.03. The van der Waals surface area contributed by atoms with Crippen molar-refractivity contribution in [2.45, 2.75) is 6.92 Å². The summed E-state index contributed by atoms with van der Waals surface area (Å²) in [7, 11) is 0. The van der Waals surface area contributed by atoms with Crippen molar-refractivity contribution in [2.24, 2.45) is 0 Å². The Hall–Kier alpha value is -2.62. The molecule has 0 aliphatic heterocycles. The third kappa shape index (κ3) is 1.87. The molecular formula is C15H11NO3. The normalized spacial score (nSPS) is 10.8. The topological polar surface area (TPSA) is 52.2 Å². The number of aromatic nitrogens is 1. The van der Waals surface area contributed by atoms with Gasteiger partial charge in [-0.3, -0.25) is 4.79 Å². The molecule has 0 aliphatic carbocycles. The molecule has 94 valence electrons. The fourth-order valence-corrected chi connectivity index (χ4v) is 2.03. The van der Waals surface area contributed by atoms with Gasteiger partial charge in [-0.2, -0.15) is 0 Å². The quantitative estimate of drug-likeness (QED) is 0.668. The van der Waals surface area contributed by atoms with Crippen LogP contribution >= 0.6 is 0 Å². The SMILES string of the molecule is Cc1ccc2c(=O)n(-c3ccccc3)c(=O)oc2c1. The molecule has 0 amide bonds. The van der Waals surface area contributed by atoms with E-state index in [0.717, 1.165) is 10.1 Å². The maximum atomic E-state index is 12.4. The molecule has 1 aromatic heterocycles. The Bertz CT molecular complexity index is 860. The first-order valence-electron chi connectivity index (χ1n) is 5.89. The van der Waals surface area contributed by atoms with Crippen molar-refractivity contribution in [3.8, 4) is 5.69 Å². The van der Waals surface area contributed by atoms with Crippen LogP contribution in [0.1, 0.15) is 5.56 Å². The van der Waals surface area contributed by atoms with Gasteiger partial charge in [-0.1, -0.05) is 24.3 Å². The highest BCUT2D eigenvalue weighted by Crippen LogP contribution is 2.11. The summed E-state index contributed by atoms with van der Waals surface area (Å²) in [6.45, 7) is 1.88. The molecule has 0 fully saturated rings. The molecule has 0 atom stereocenters. The van der Waals surface area contributed by atoms with Crippen LogP contribution in [-0.4, -0.2) is 4.57 Å². The number of fused-ring (bicyclic) bond motifs is 1. The van der Waals surface area contributed by atoms with Crippen molar-refractivity contribution >= 4 is 11.0 Å². The molecule has 4 nitrogen and oxygen atoms in total. The van der Waals surface area contributed by atoms with Gasteiger partial charge in [0.25, 0.3) is 5.56 Å². The molecule has 0 unspecified atom stereocenters. The molecule has 2 aromatic carbocycles. The molecule has 0 saturated carbocycles. The van der Waals surface area contributed by atoms with Crippen molar-refractivity contribution < 1.29 is 4.42 Å². The maximum absolute atomic E-state index is 12.4. The Balaban J connectivity index is 2.43. The lowest BCUT2D eigenvalue weighted by molar-refractivity contribution is 0.503. The van der Waals surface area contributed by atoms with Crippen molar-refractivity contribution in [2.75, 3.05) is 0 Å². The highest BCUT2D eigenvalue weighted by Gasteiger charge is 2.10. The van der Waals surface area contributed by atoms with Crippen LogP contribution in [0, 0.1) is 6.92 Å². The number of benzene rings is 2. The monoisotopic (exact) mass is 253 g/mol. The average Bonchev–Trinajstić information content (AvgIpc) is 2.39. The predicted molar refractivity (Wildman–Crippen MR) is 72.8 cm³/mol. The van der Waals surface area contributed by atoms with Crippen LogP contribution in [-0.2, 0) is 0 Å². The molecule has 1 heterocycles. The van der Waals surface area contributed by atoms with E-state index < -0.39 is 5.76 Å². The maximum Gasteiger partial charge on any atom is 0.426 e. The summed E-state index contributed by atoms with van der Waals surface area (Å²) >= 11 is 0. The fraction of sp³-hybridized carbons (Fsp3) is 0.0667. The van der Waals surface area contributed by atoms with E-state index in [1.54, 1.807) is 36.4 Å². The van der Waals surface area contributed by atoms with Crippen LogP contribution in [0.4, 0.5) is 0 Å². The summed E-state index contributed by atoms with van der Waals surface area (Å²) in [4.78, 5) is 24.3. The van der Waals surface area contributed by atoms with E-state index in [1.165, 1.54) is 0 Å². The number of aryl methyl sites for hydroxylation is 1. The van der Waals surface area contributed by atoms with Gasteiger partial charge in [-0.25, -0.2) is 9.36 Å². The zero-order valence-corrected chi connectivity index (χ0v) is 10.3. The van der Waals surface area contributed by atoms with E-state index in [1.807, 2.05) is 19.1 Å². The first-order valence-corrected chi connectivity index (χ1v) is 5.89. The van der Waals surface area contributed by atoms with E-state index in [9.17, 15) is 9.59 Å². The number of hydrogen-bond acceptors (Lipinski definition) is 3. The van der Waals surface area contributed by atoms with Crippen LogP contribution in [0.2, 0.25) is 0 Å². The second-order valence-corrected chi connectivity index (χ2v) is 4.34. The minimum absolute atomic E-state index is 0.321. The molecule has 0 aliphatic rings. The summed E-state index contributed by atoms with van der Waals surface area (Å²) < 4.78 is 6.26. The molecule has 0 bridgehead atoms. The van der Waals surface area contributed by atoms with E-state index in [4.69, 9.17) is 4.42 Å². The van der Waals surface area contributed by atoms with Crippen LogP contribution in [0.5, 0.6) is 0 Å². The van der Waals surface area contributed by atoms with Gasteiger partial charge in [-0.05, 0) is 36.8 Å². The molecule has 0 N–H and O–H groups in total. The van der Waals surface area contributed by atoms with Gasteiger partial charge >= 0.3 is 5.76 Å². The lowest BCUT2D eigenvalue weighted by Gasteiger charge is -2.05. The third-order valence-corrected chi connectivity index (χ3v) is 2.96. The Morgan fingerprint density at radius 2 is 1.74 bits per heavy atom. The number of hydrogen-bond donors (Lipinski definition) is 0. The van der Waals surface area contributed by atoms with Gasteiger partial charge < -0.3 is 4.42 Å². The average molecular weight is 253 g/mol. The summed E-state index contributed by atoms with van der Waals surface area (Å²) in [5.74, 6) is -0.672. The van der Waals surface area contributed by atoms with E-state index in [-0.39, 0.29) is 5.56 Å². The van der Waals surface area contributed by atoms with Crippen LogP contribution in [0.3, 0.4) is 0 Å². The van der Waals surface area contributed by atoms with Gasteiger partial charge in [0.1, 0.15) is 5.58 Å². The summed E-state index contributed by atoms with van der Waals surface area (Å²) in [5.41, 5.74) is 1.40. The summed E-state index contributed by atoms with van der Waals surface area (Å²) in [6, 6.07) is 13.9. The second kappa shape index (κ2) is 4.24. The predicted octanol–water partition coefficient (Wildman–Crippen LogP) is 2.25. The Morgan fingerprint density at radius 3 is 2.47 bits per heavy atom. The Morgan fingerprint density at radius 1 is 1.00 bits per heavy atom. The highest BCUT2D eigenvalue weighted by molar-refractivity contribution is 5.76. The standard InChI is InChI=1S/C15H11NO3/c1-10-7-8-12-13(9-10)19-15(18)16(14(12)17)11-5-3-2-4-6-11/h2-9H,1H3. The van der Waals surface area contributed by atoms with Gasteiger partial charge in [0.15, 0.2) is 0 Å². The smallest absolute Gasteiger partial charge is 0.409 e. The third-order valence-electron chi connectivity index (χ3n) is 2.96. The molecule has 3 rings (SSSR count). The molecule has 19 heavy (non-hydrogen) atoms. The molecular weight excluding hydrogens is 242 g/mol. The second-order valence-electron chi connectivity index (χ2n) is 4.34. The lowest BCUT2D eigenvalue weighted by atomic mass is 10.2. The first-order chi connectivity index (χ1) is 9.16. The molecule has 0 spiro atoms. The lowest BCUT2D eigenvalue weighted by Crippen LogP contribution is -2.30. The zero-order valence-electron chi connectivity index (χ0n) is 10.3. The molecule has 0 saturated heterocycles. The van der Waals surface area contributed by atoms with Crippen molar-refractivity contribution in [3.05, 3.63) is 75.0 Å². The number of para-hydroxylation sites is 1. The van der Waals surface area contributed by atoms with Gasteiger partial charge in [0.05, 0.1) is 11.1 Å². The van der Waals surface area contributed by atoms with Crippen molar-refractivity contribution in [1.82, 2.24) is 4.57 Å². The van der Waals surface area contributed by atoms with E-state index in [0.29, 0.717) is 16.7 Å². The van der Waals surface area contributed by atoms with E-state index in [2.05, 4.69) is 0 Å². The van der Waals surface area contributed by atoms with Crippen LogP contribution < -0.4 is 11.3 Å². The molecule has 3 aromatic rings. The Labute approximate surface area is 108 Å². The minimum Gasteiger partial charge on any atom is -0.409 e. The zero-order chi connectivity index (χ0) is 13.4. The van der Waals surface area contributed by atoms with Gasteiger partial charge in [0.2, 0.25) is 0 Å². The Kier molecular flexibility index (Phi) is 2.56. The summed E-state index contributed by atoms with van der Waals surface area (Å²) in [6.07, 6.45) is 0. The summed E-state index contributed by atoms with van der Waals surface area (Å²) in [5, 5.41) is 0.397. The van der Waals surface area contributed by atoms with Gasteiger partial charge in [-0.15, -0.1) is 0 Å². The van der Waals surface area contributed by atoms with Crippen LogP contribution in [0.25, 0.3) is 16.7 Å². The number of nitrogens with zero attached hydrogens (tertiary/aromatic N) is 1. The first kappa shape index (κ1) is 11.5. The molecule has 4 heteroatoms.